The Hall–Kier alpha value is -2.47. The van der Waals surface area contributed by atoms with Gasteiger partial charge in [0.2, 0.25) is 0 Å². The smallest absolute Gasteiger partial charge is 0.101 e. The van der Waals surface area contributed by atoms with E-state index in [9.17, 15) is 5.26 Å². The minimum absolute atomic E-state index is 0.739. The third-order valence-electron chi connectivity index (χ3n) is 3.98. The van der Waals surface area contributed by atoms with Crippen LogP contribution in [-0.2, 0) is 13.0 Å². The second-order valence-corrected chi connectivity index (χ2v) is 5.24. The number of nitrogen functional groups attached to an aromatic ring is 1. The molecule has 2 aromatic carbocycles. The molecule has 1 heterocycles. The molecule has 0 radical (unpaired) electrons. The van der Waals surface area contributed by atoms with Crippen molar-refractivity contribution in [3.63, 3.8) is 0 Å². The Bertz CT molecular complexity index is 698. The molecule has 1 aliphatic rings. The van der Waals surface area contributed by atoms with E-state index in [0.29, 0.717) is 0 Å². The highest BCUT2D eigenvalue weighted by Gasteiger charge is 2.21. The Labute approximate surface area is 119 Å². The Morgan fingerprint density at radius 2 is 2.00 bits per heavy atom. The number of anilines is 2. The molecule has 2 aromatic rings. The van der Waals surface area contributed by atoms with Gasteiger partial charge in [-0.2, -0.15) is 5.26 Å². The van der Waals surface area contributed by atoms with Gasteiger partial charge in [0.25, 0.3) is 0 Å². The van der Waals surface area contributed by atoms with Gasteiger partial charge < -0.3 is 10.6 Å². The van der Waals surface area contributed by atoms with Crippen LogP contribution in [-0.4, -0.2) is 6.54 Å². The highest BCUT2D eigenvalue weighted by Crippen LogP contribution is 2.31. The summed E-state index contributed by atoms with van der Waals surface area (Å²) in [7, 11) is 0. The zero-order valence-electron chi connectivity index (χ0n) is 11.6. The topological polar surface area (TPSA) is 53.0 Å². The van der Waals surface area contributed by atoms with Crippen molar-refractivity contribution in [2.24, 2.45) is 0 Å². The van der Waals surface area contributed by atoms with E-state index in [2.05, 4.69) is 30.0 Å². The van der Waals surface area contributed by atoms with Crippen LogP contribution in [0.15, 0.2) is 36.4 Å². The molecule has 0 unspecified atom stereocenters. The van der Waals surface area contributed by atoms with Gasteiger partial charge >= 0.3 is 0 Å². The normalized spacial score (nSPS) is 13.7. The predicted molar refractivity (Wildman–Crippen MR) is 81.5 cm³/mol. The van der Waals surface area contributed by atoms with E-state index in [-0.39, 0.29) is 0 Å². The summed E-state index contributed by atoms with van der Waals surface area (Å²) in [6, 6.07) is 14.3. The highest BCUT2D eigenvalue weighted by atomic mass is 15.1. The Morgan fingerprint density at radius 3 is 2.80 bits per heavy atom. The summed E-state index contributed by atoms with van der Waals surface area (Å²) < 4.78 is 0. The second-order valence-electron chi connectivity index (χ2n) is 5.24. The summed E-state index contributed by atoms with van der Waals surface area (Å²) in [4.78, 5) is 2.27. The molecule has 0 aromatic heterocycles. The molecule has 0 spiro atoms. The number of nitrogens with two attached hydrogens (primary N) is 1. The van der Waals surface area contributed by atoms with Crippen molar-refractivity contribution in [1.29, 1.82) is 5.26 Å². The fourth-order valence-electron chi connectivity index (χ4n) is 2.97. The monoisotopic (exact) mass is 263 g/mol. The lowest BCUT2D eigenvalue weighted by Gasteiger charge is -2.33. The van der Waals surface area contributed by atoms with E-state index >= 15 is 0 Å². The number of fused-ring (bicyclic) bond motifs is 1. The maximum Gasteiger partial charge on any atom is 0.101 e. The maximum atomic E-state index is 9.32. The average molecular weight is 263 g/mol. The predicted octanol–water partition coefficient (Wildman–Crippen LogP) is 3.01. The first-order chi connectivity index (χ1) is 9.70. The number of rotatable bonds is 1. The second kappa shape index (κ2) is 4.90. The van der Waals surface area contributed by atoms with Crippen molar-refractivity contribution in [2.75, 3.05) is 17.2 Å². The van der Waals surface area contributed by atoms with Gasteiger partial charge in [0.05, 0.1) is 11.3 Å². The zero-order valence-corrected chi connectivity index (χ0v) is 11.6. The summed E-state index contributed by atoms with van der Waals surface area (Å²) in [5, 5.41) is 9.32. The standard InChI is InChI=1S/C17H17N3/c1-12-4-2-6-14(10-18)17(12)20-9-8-13-5-3-7-16(19)15(13)11-20/h2-7H,8-9,11,19H2,1H3. The summed E-state index contributed by atoms with van der Waals surface area (Å²) >= 11 is 0. The van der Waals surface area contributed by atoms with Gasteiger partial charge in [-0.15, -0.1) is 0 Å². The van der Waals surface area contributed by atoms with Gasteiger partial charge in [0.15, 0.2) is 0 Å². The van der Waals surface area contributed by atoms with Gasteiger partial charge in [-0.05, 0) is 42.2 Å². The van der Waals surface area contributed by atoms with Crippen molar-refractivity contribution >= 4 is 11.4 Å². The molecule has 100 valence electrons. The summed E-state index contributed by atoms with van der Waals surface area (Å²) in [6.45, 7) is 3.76. The maximum absolute atomic E-state index is 9.32. The van der Waals surface area contributed by atoms with Crippen molar-refractivity contribution in [1.82, 2.24) is 0 Å². The highest BCUT2D eigenvalue weighted by molar-refractivity contribution is 5.66. The van der Waals surface area contributed by atoms with Crippen molar-refractivity contribution in [2.45, 2.75) is 19.9 Å². The fraction of sp³-hybridized carbons (Fsp3) is 0.235. The van der Waals surface area contributed by atoms with Crippen LogP contribution in [0, 0.1) is 18.3 Å². The first-order valence-electron chi connectivity index (χ1n) is 6.81. The molecular weight excluding hydrogens is 246 g/mol. The first kappa shape index (κ1) is 12.6. The summed E-state index contributed by atoms with van der Waals surface area (Å²) in [5.41, 5.74) is 12.4. The molecule has 0 bridgehead atoms. The summed E-state index contributed by atoms with van der Waals surface area (Å²) in [6.07, 6.45) is 0.972. The van der Waals surface area contributed by atoms with E-state index in [1.807, 2.05) is 24.3 Å². The number of hydrogen-bond donors (Lipinski definition) is 1. The lowest BCUT2D eigenvalue weighted by molar-refractivity contribution is 0.730. The summed E-state index contributed by atoms with van der Waals surface area (Å²) in [5.74, 6) is 0. The number of para-hydroxylation sites is 1. The molecule has 2 N–H and O–H groups in total. The third kappa shape index (κ3) is 2.00. The molecule has 3 heteroatoms. The molecule has 3 nitrogen and oxygen atoms in total. The molecule has 20 heavy (non-hydrogen) atoms. The Morgan fingerprint density at radius 1 is 1.20 bits per heavy atom. The molecular formula is C17H17N3. The molecule has 1 aliphatic heterocycles. The zero-order chi connectivity index (χ0) is 14.1. The third-order valence-corrected chi connectivity index (χ3v) is 3.98. The largest absolute Gasteiger partial charge is 0.398 e. The van der Waals surface area contributed by atoms with Crippen LogP contribution < -0.4 is 10.6 Å². The number of nitrogens with zero attached hydrogens (tertiary/aromatic N) is 2. The van der Waals surface area contributed by atoms with Crippen LogP contribution in [0.25, 0.3) is 0 Å². The fourth-order valence-corrected chi connectivity index (χ4v) is 2.97. The van der Waals surface area contributed by atoms with Crippen molar-refractivity contribution in [3.05, 3.63) is 58.7 Å². The lowest BCUT2D eigenvalue weighted by Crippen LogP contribution is -2.32. The van der Waals surface area contributed by atoms with Crippen molar-refractivity contribution < 1.29 is 0 Å². The van der Waals surface area contributed by atoms with E-state index in [1.54, 1.807) is 0 Å². The molecule has 0 atom stereocenters. The Balaban J connectivity index is 2.03. The van der Waals surface area contributed by atoms with Crippen LogP contribution in [0.1, 0.15) is 22.3 Å². The molecule has 0 saturated carbocycles. The van der Waals surface area contributed by atoms with Crippen LogP contribution in [0.5, 0.6) is 0 Å². The lowest BCUT2D eigenvalue weighted by atomic mass is 9.96. The SMILES string of the molecule is Cc1cccc(C#N)c1N1CCc2cccc(N)c2C1. The van der Waals surface area contributed by atoms with Gasteiger partial charge in [0, 0.05) is 18.8 Å². The van der Waals surface area contributed by atoms with E-state index in [4.69, 9.17) is 5.73 Å². The van der Waals surface area contributed by atoms with Gasteiger partial charge in [-0.25, -0.2) is 0 Å². The molecule has 0 fully saturated rings. The van der Waals surface area contributed by atoms with Crippen LogP contribution >= 0.6 is 0 Å². The van der Waals surface area contributed by atoms with Crippen LogP contribution in [0.4, 0.5) is 11.4 Å². The van der Waals surface area contributed by atoms with E-state index in [0.717, 1.165) is 42.0 Å². The molecule has 0 aliphatic carbocycles. The minimum Gasteiger partial charge on any atom is -0.398 e. The average Bonchev–Trinajstić information content (AvgIpc) is 2.47. The van der Waals surface area contributed by atoms with Crippen molar-refractivity contribution in [3.8, 4) is 6.07 Å². The van der Waals surface area contributed by atoms with Gasteiger partial charge in [-0.1, -0.05) is 24.3 Å². The van der Waals surface area contributed by atoms with Gasteiger partial charge in [0.1, 0.15) is 6.07 Å². The molecule has 0 amide bonds. The van der Waals surface area contributed by atoms with E-state index in [1.165, 1.54) is 11.1 Å². The Kier molecular flexibility index (Phi) is 3.08. The first-order valence-corrected chi connectivity index (χ1v) is 6.81. The number of nitriles is 1. The van der Waals surface area contributed by atoms with Crippen LogP contribution in [0.2, 0.25) is 0 Å². The van der Waals surface area contributed by atoms with Gasteiger partial charge in [-0.3, -0.25) is 0 Å². The molecule has 3 rings (SSSR count). The van der Waals surface area contributed by atoms with E-state index < -0.39 is 0 Å². The number of benzene rings is 2. The van der Waals surface area contributed by atoms with Crippen LogP contribution in [0.3, 0.4) is 0 Å². The quantitative estimate of drug-likeness (QED) is 0.805. The minimum atomic E-state index is 0.739. The molecule has 0 saturated heterocycles. The number of aryl methyl sites for hydroxylation is 1. The number of hydrogen-bond acceptors (Lipinski definition) is 3.